The molecule has 11 heteroatoms. The highest BCUT2D eigenvalue weighted by atomic mass is 16.5. The molecule has 2 N–H and O–H groups in total. The zero-order valence-electron chi connectivity index (χ0n) is 22.6. The molecule has 0 spiro atoms. The molecule has 3 aromatic rings. The second kappa shape index (κ2) is 11.4. The third-order valence-electron chi connectivity index (χ3n) is 5.82. The van der Waals surface area contributed by atoms with Gasteiger partial charge in [0, 0.05) is 18.3 Å². The molecule has 0 radical (unpaired) electrons. The smallest absolute Gasteiger partial charge is 0.276 e. The number of rotatable bonds is 10. The van der Waals surface area contributed by atoms with E-state index >= 15 is 0 Å². The van der Waals surface area contributed by atoms with Crippen LogP contribution in [0, 0.1) is 0 Å². The quantitative estimate of drug-likeness (QED) is 0.372. The van der Waals surface area contributed by atoms with E-state index in [4.69, 9.17) is 14.2 Å². The Morgan fingerprint density at radius 2 is 2.03 bits per heavy atom. The second-order valence-corrected chi connectivity index (χ2v) is 9.52. The van der Waals surface area contributed by atoms with Crippen LogP contribution in [0.1, 0.15) is 13.8 Å². The zero-order chi connectivity index (χ0) is 28.2. The summed E-state index contributed by atoms with van der Waals surface area (Å²) in [6, 6.07) is 12.3. The Morgan fingerprint density at radius 3 is 2.74 bits per heavy atom. The lowest BCUT2D eigenvalue weighted by molar-refractivity contribution is -0.131. The highest BCUT2D eigenvalue weighted by Gasteiger charge is 2.43. The van der Waals surface area contributed by atoms with Gasteiger partial charge in [-0.1, -0.05) is 12.6 Å². The number of hydrogen-bond acceptors (Lipinski definition) is 9. The molecular formula is C28H32N6O5. The molecule has 2 heterocycles. The summed E-state index contributed by atoms with van der Waals surface area (Å²) in [5.41, 5.74) is 0.445. The van der Waals surface area contributed by atoms with Crippen molar-refractivity contribution in [2.24, 2.45) is 0 Å². The summed E-state index contributed by atoms with van der Waals surface area (Å²) in [4.78, 5) is 37.8. The normalized spacial score (nSPS) is 13.8. The van der Waals surface area contributed by atoms with Crippen LogP contribution in [0.4, 0.5) is 28.8 Å². The molecule has 2 amide bonds. The number of nitrogens with one attached hydrogen (secondary N) is 2. The number of anilines is 5. The third-order valence-corrected chi connectivity index (χ3v) is 5.82. The van der Waals surface area contributed by atoms with E-state index in [2.05, 4.69) is 27.2 Å². The van der Waals surface area contributed by atoms with Crippen LogP contribution < -0.4 is 29.7 Å². The van der Waals surface area contributed by atoms with Crippen LogP contribution in [0.15, 0.2) is 61.3 Å². The molecule has 1 aromatic heterocycles. The lowest BCUT2D eigenvalue weighted by Crippen LogP contribution is -2.51. The van der Waals surface area contributed by atoms with Crippen LogP contribution in [0.3, 0.4) is 0 Å². The minimum Gasteiger partial charge on any atom is -0.494 e. The minimum absolute atomic E-state index is 0.227. The van der Waals surface area contributed by atoms with E-state index in [-0.39, 0.29) is 23.6 Å². The van der Waals surface area contributed by atoms with Gasteiger partial charge in [0.05, 0.1) is 24.7 Å². The molecule has 0 saturated heterocycles. The van der Waals surface area contributed by atoms with E-state index in [1.807, 2.05) is 25.1 Å². The molecule has 0 bridgehead atoms. The van der Waals surface area contributed by atoms with Crippen molar-refractivity contribution < 1.29 is 23.8 Å². The molecule has 0 aliphatic carbocycles. The van der Waals surface area contributed by atoms with Crippen LogP contribution in [0.5, 0.6) is 17.2 Å². The van der Waals surface area contributed by atoms with Gasteiger partial charge in [-0.15, -0.1) is 0 Å². The molecule has 0 fully saturated rings. The first-order chi connectivity index (χ1) is 18.6. The van der Waals surface area contributed by atoms with Crippen molar-refractivity contribution in [3.8, 4) is 17.2 Å². The molecule has 0 saturated carbocycles. The van der Waals surface area contributed by atoms with E-state index in [1.165, 1.54) is 17.2 Å². The van der Waals surface area contributed by atoms with Crippen LogP contribution in [-0.4, -0.2) is 66.6 Å². The fourth-order valence-electron chi connectivity index (χ4n) is 3.82. The summed E-state index contributed by atoms with van der Waals surface area (Å²) in [5.74, 6) is 1.33. The monoisotopic (exact) mass is 532 g/mol. The van der Waals surface area contributed by atoms with Crippen LogP contribution in [-0.2, 0) is 9.59 Å². The first-order valence-electron chi connectivity index (χ1n) is 12.3. The predicted molar refractivity (Wildman–Crippen MR) is 149 cm³/mol. The fourth-order valence-corrected chi connectivity index (χ4v) is 3.82. The summed E-state index contributed by atoms with van der Waals surface area (Å²) in [7, 11) is 5.52. The fraction of sp³-hybridized carbons (Fsp3) is 0.286. The molecule has 1 aliphatic rings. The number of amides is 2. The van der Waals surface area contributed by atoms with Gasteiger partial charge in [-0.2, -0.15) is 4.98 Å². The average molecular weight is 533 g/mol. The summed E-state index contributed by atoms with van der Waals surface area (Å²) >= 11 is 0. The molecule has 4 rings (SSSR count). The molecule has 11 nitrogen and oxygen atoms in total. The summed E-state index contributed by atoms with van der Waals surface area (Å²) in [6.07, 6.45) is 2.69. The lowest BCUT2D eigenvalue weighted by atomic mass is 10.0. The molecule has 1 aliphatic heterocycles. The van der Waals surface area contributed by atoms with Crippen molar-refractivity contribution in [2.45, 2.75) is 19.4 Å². The van der Waals surface area contributed by atoms with E-state index < -0.39 is 5.60 Å². The van der Waals surface area contributed by atoms with Gasteiger partial charge in [0.1, 0.15) is 18.1 Å². The number of benzene rings is 2. The van der Waals surface area contributed by atoms with Gasteiger partial charge in [0.15, 0.2) is 17.2 Å². The Morgan fingerprint density at radius 1 is 1.23 bits per heavy atom. The van der Waals surface area contributed by atoms with Crippen molar-refractivity contribution in [3.63, 3.8) is 0 Å². The molecular weight excluding hydrogens is 500 g/mol. The van der Waals surface area contributed by atoms with Crippen LogP contribution >= 0.6 is 0 Å². The Kier molecular flexibility index (Phi) is 8.01. The Hall–Kier alpha value is -4.64. The van der Waals surface area contributed by atoms with Gasteiger partial charge in [-0.25, -0.2) is 4.98 Å². The van der Waals surface area contributed by atoms with E-state index in [9.17, 15) is 9.59 Å². The number of ether oxygens (including phenoxy) is 3. The predicted octanol–water partition coefficient (Wildman–Crippen LogP) is 4.13. The standard InChI is InChI=1S/C28H32N6O5/c1-7-24(35)30-18-9-8-10-19(15-18)34-25-23(39-28(2,3)26(34)36)17-29-27(32-25)31-21-12-11-20(16-22(21)37-6)38-14-13-33(4)5/h7-12,15-17H,1,13-14H2,2-6H3,(H,30,35)(H,29,31,32). The number of aromatic nitrogens is 2. The molecule has 39 heavy (non-hydrogen) atoms. The number of hydrogen-bond donors (Lipinski definition) is 2. The van der Waals surface area contributed by atoms with Crippen LogP contribution in [0.25, 0.3) is 0 Å². The second-order valence-electron chi connectivity index (χ2n) is 9.52. The number of carbonyl (C=O) groups is 2. The van der Waals surface area contributed by atoms with Gasteiger partial charge in [-0.05, 0) is 64.4 Å². The van der Waals surface area contributed by atoms with Crippen molar-refractivity contribution in [3.05, 3.63) is 61.3 Å². The third kappa shape index (κ3) is 6.27. The maximum atomic E-state index is 13.5. The number of likely N-dealkylation sites (N-methyl/N-ethyl adjacent to an activating group) is 1. The number of fused-ring (bicyclic) bond motifs is 1. The number of nitrogens with zero attached hydrogens (tertiary/aromatic N) is 4. The van der Waals surface area contributed by atoms with Gasteiger partial charge >= 0.3 is 0 Å². The van der Waals surface area contributed by atoms with Crippen molar-refractivity contribution >= 4 is 40.6 Å². The Labute approximate surface area is 227 Å². The topological polar surface area (TPSA) is 118 Å². The number of carbonyl (C=O) groups excluding carboxylic acids is 2. The largest absolute Gasteiger partial charge is 0.494 e. The SMILES string of the molecule is C=CC(=O)Nc1cccc(N2C(=O)C(C)(C)Oc3cnc(Nc4ccc(OCCN(C)C)cc4OC)nc32)c1. The first-order valence-corrected chi connectivity index (χ1v) is 12.3. The molecule has 2 aromatic carbocycles. The minimum atomic E-state index is -1.17. The maximum absolute atomic E-state index is 13.5. The molecule has 0 unspecified atom stereocenters. The van der Waals surface area contributed by atoms with Crippen molar-refractivity contribution in [1.82, 2.24) is 14.9 Å². The van der Waals surface area contributed by atoms with Gasteiger partial charge in [0.25, 0.3) is 5.91 Å². The zero-order valence-corrected chi connectivity index (χ0v) is 22.6. The van der Waals surface area contributed by atoms with E-state index in [1.54, 1.807) is 57.4 Å². The first kappa shape index (κ1) is 27.4. The van der Waals surface area contributed by atoms with Crippen molar-refractivity contribution in [1.29, 1.82) is 0 Å². The van der Waals surface area contributed by atoms with Crippen LogP contribution in [0.2, 0.25) is 0 Å². The molecule has 0 atom stereocenters. The van der Waals surface area contributed by atoms with Crippen molar-refractivity contribution in [2.75, 3.05) is 49.9 Å². The van der Waals surface area contributed by atoms with Gasteiger partial charge in [-0.3, -0.25) is 14.5 Å². The summed E-state index contributed by atoms with van der Waals surface area (Å²) < 4.78 is 17.3. The van der Waals surface area contributed by atoms with Gasteiger partial charge < -0.3 is 29.7 Å². The molecule has 204 valence electrons. The average Bonchev–Trinajstić information content (AvgIpc) is 2.90. The lowest BCUT2D eigenvalue weighted by Gasteiger charge is -2.37. The maximum Gasteiger partial charge on any atom is 0.276 e. The number of methoxy groups -OCH3 is 1. The van der Waals surface area contributed by atoms with E-state index in [0.717, 1.165) is 6.54 Å². The summed E-state index contributed by atoms with van der Waals surface area (Å²) in [5, 5.41) is 5.87. The highest BCUT2D eigenvalue weighted by molar-refractivity contribution is 6.08. The Bertz CT molecular complexity index is 1390. The Balaban J connectivity index is 1.66. The highest BCUT2D eigenvalue weighted by Crippen LogP contribution is 2.42. The van der Waals surface area contributed by atoms with E-state index in [0.29, 0.717) is 40.9 Å². The van der Waals surface area contributed by atoms with Gasteiger partial charge in [0.2, 0.25) is 11.9 Å². The summed E-state index contributed by atoms with van der Waals surface area (Å²) in [6.45, 7) is 8.14.